The predicted molar refractivity (Wildman–Crippen MR) is 121 cm³/mol. The summed E-state index contributed by atoms with van der Waals surface area (Å²) in [6.07, 6.45) is 9.74. The molecule has 11 nitrogen and oxygen atoms in total. The normalized spacial score (nSPS) is 18.3. The molecule has 4 heterocycles. The van der Waals surface area contributed by atoms with Gasteiger partial charge in [-0.05, 0) is 38.6 Å². The SMILES string of the molecule is CN(C)CCOC1C=CC(Cn2c(=O)[nH]c3c(N)nc(-c4nc(C5CC5)c[nH]4)nc32)=CN1. The monoisotopic (exact) mass is 437 g/mol. The summed E-state index contributed by atoms with van der Waals surface area (Å²) in [6, 6.07) is 0. The number of hydrogen-bond donors (Lipinski definition) is 4. The van der Waals surface area contributed by atoms with Crippen LogP contribution in [0.2, 0.25) is 0 Å². The Morgan fingerprint density at radius 2 is 2.12 bits per heavy atom. The first-order valence-corrected chi connectivity index (χ1v) is 10.7. The zero-order valence-electron chi connectivity index (χ0n) is 18.1. The van der Waals surface area contributed by atoms with Gasteiger partial charge in [0.15, 0.2) is 23.1 Å². The van der Waals surface area contributed by atoms with Gasteiger partial charge in [0.25, 0.3) is 0 Å². The molecule has 11 heteroatoms. The zero-order chi connectivity index (χ0) is 22.2. The molecular formula is C21H27N9O2. The number of fused-ring (bicyclic) bond motifs is 1. The van der Waals surface area contributed by atoms with Gasteiger partial charge in [-0.1, -0.05) is 6.08 Å². The van der Waals surface area contributed by atoms with Gasteiger partial charge in [0, 0.05) is 24.9 Å². The van der Waals surface area contributed by atoms with E-state index in [9.17, 15) is 4.79 Å². The van der Waals surface area contributed by atoms with Crippen molar-refractivity contribution in [2.45, 2.75) is 31.5 Å². The van der Waals surface area contributed by atoms with E-state index in [4.69, 9.17) is 10.5 Å². The first-order valence-electron chi connectivity index (χ1n) is 10.7. The highest BCUT2D eigenvalue weighted by atomic mass is 16.5. The van der Waals surface area contributed by atoms with E-state index in [-0.39, 0.29) is 17.7 Å². The Morgan fingerprint density at radius 1 is 1.28 bits per heavy atom. The number of nitrogen functional groups attached to an aromatic ring is 1. The van der Waals surface area contributed by atoms with Gasteiger partial charge in [0.2, 0.25) is 0 Å². The molecule has 1 aliphatic carbocycles. The third-order valence-corrected chi connectivity index (χ3v) is 5.55. The van der Waals surface area contributed by atoms with Crippen LogP contribution in [0.1, 0.15) is 24.5 Å². The van der Waals surface area contributed by atoms with Crippen molar-refractivity contribution in [3.63, 3.8) is 0 Å². The van der Waals surface area contributed by atoms with Crippen LogP contribution in [0.5, 0.6) is 0 Å². The summed E-state index contributed by atoms with van der Waals surface area (Å²) >= 11 is 0. The number of H-pyrrole nitrogens is 2. The summed E-state index contributed by atoms with van der Waals surface area (Å²) in [5.74, 6) is 1.65. The molecule has 32 heavy (non-hydrogen) atoms. The fourth-order valence-electron chi connectivity index (χ4n) is 3.59. The number of hydrogen-bond acceptors (Lipinski definition) is 8. The smallest absolute Gasteiger partial charge is 0.328 e. The molecular weight excluding hydrogens is 410 g/mol. The molecule has 2 aliphatic rings. The molecule has 1 aliphatic heterocycles. The van der Waals surface area contributed by atoms with Crippen molar-refractivity contribution >= 4 is 17.0 Å². The molecule has 3 aromatic heterocycles. The second-order valence-electron chi connectivity index (χ2n) is 8.44. The summed E-state index contributed by atoms with van der Waals surface area (Å²) < 4.78 is 7.32. The van der Waals surface area contributed by atoms with Crippen LogP contribution < -0.4 is 16.7 Å². The van der Waals surface area contributed by atoms with Crippen molar-refractivity contribution < 1.29 is 4.74 Å². The molecule has 1 saturated carbocycles. The minimum absolute atomic E-state index is 0.192. The molecule has 0 saturated heterocycles. The second kappa shape index (κ2) is 8.24. The average molecular weight is 438 g/mol. The number of aromatic amines is 2. The molecule has 1 atom stereocenters. The summed E-state index contributed by atoms with van der Waals surface area (Å²) in [7, 11) is 4.01. The third kappa shape index (κ3) is 4.16. The van der Waals surface area contributed by atoms with Crippen LogP contribution >= 0.6 is 0 Å². The van der Waals surface area contributed by atoms with E-state index in [2.05, 4.69) is 35.1 Å². The van der Waals surface area contributed by atoms with Crippen molar-refractivity contribution in [3.8, 4) is 11.6 Å². The molecule has 1 unspecified atom stereocenters. The van der Waals surface area contributed by atoms with Crippen molar-refractivity contribution in [1.29, 1.82) is 0 Å². The lowest BCUT2D eigenvalue weighted by molar-refractivity contribution is 0.0603. The highest BCUT2D eigenvalue weighted by Crippen LogP contribution is 2.39. The summed E-state index contributed by atoms with van der Waals surface area (Å²) in [5.41, 5.74) is 8.63. The van der Waals surface area contributed by atoms with Gasteiger partial charge >= 0.3 is 5.69 Å². The molecule has 5 rings (SSSR count). The van der Waals surface area contributed by atoms with Crippen molar-refractivity contribution in [1.82, 2.24) is 39.7 Å². The zero-order valence-corrected chi connectivity index (χ0v) is 18.1. The number of imidazole rings is 2. The molecule has 0 aromatic carbocycles. The van der Waals surface area contributed by atoms with E-state index in [1.165, 1.54) is 0 Å². The maximum Gasteiger partial charge on any atom is 0.328 e. The Bertz CT molecular complexity index is 1250. The van der Waals surface area contributed by atoms with Gasteiger partial charge in [0.05, 0.1) is 18.8 Å². The minimum Gasteiger partial charge on any atom is -0.382 e. The van der Waals surface area contributed by atoms with Gasteiger partial charge < -0.3 is 30.7 Å². The number of nitrogens with zero attached hydrogens (tertiary/aromatic N) is 5. The van der Waals surface area contributed by atoms with E-state index in [0.717, 1.165) is 30.7 Å². The molecule has 1 fully saturated rings. The maximum absolute atomic E-state index is 12.6. The van der Waals surface area contributed by atoms with Crippen LogP contribution in [0.3, 0.4) is 0 Å². The predicted octanol–water partition coefficient (Wildman–Crippen LogP) is 0.917. The van der Waals surface area contributed by atoms with Crippen molar-refractivity contribution in [2.75, 3.05) is 33.0 Å². The maximum atomic E-state index is 12.6. The number of dihydropyridines is 1. The standard InChI is InChI=1S/C21H27N9O2/c1-29(2)7-8-32-15-6-3-12(9-23-15)11-30-20-16(26-21(30)31)17(22)27-19(28-20)18-24-10-14(25-18)13-4-5-13/h3,6,9-10,13,15,23H,4-5,7-8,11H2,1-2H3,(H,24,25)(H,26,31)(H2,22,27,28). The molecule has 0 amide bonds. The Kier molecular flexibility index (Phi) is 5.27. The highest BCUT2D eigenvalue weighted by molar-refractivity contribution is 5.83. The summed E-state index contributed by atoms with van der Waals surface area (Å²) in [6.45, 7) is 1.79. The minimum atomic E-state index is -0.296. The Morgan fingerprint density at radius 3 is 2.84 bits per heavy atom. The van der Waals surface area contributed by atoms with Crippen molar-refractivity contribution in [3.05, 3.63) is 46.3 Å². The van der Waals surface area contributed by atoms with Crippen LogP contribution in [0, 0.1) is 0 Å². The lowest BCUT2D eigenvalue weighted by Gasteiger charge is -2.20. The molecule has 168 valence electrons. The fourth-order valence-corrected chi connectivity index (χ4v) is 3.59. The topological polar surface area (TPSA) is 143 Å². The largest absolute Gasteiger partial charge is 0.382 e. The molecule has 0 bridgehead atoms. The molecule has 0 spiro atoms. The Labute approximate surface area is 184 Å². The second-order valence-corrected chi connectivity index (χ2v) is 8.44. The summed E-state index contributed by atoms with van der Waals surface area (Å²) in [4.78, 5) is 34.2. The van der Waals surface area contributed by atoms with Crippen LogP contribution in [0.15, 0.2) is 34.9 Å². The van der Waals surface area contributed by atoms with E-state index in [1.807, 2.05) is 38.6 Å². The first kappa shape index (κ1) is 20.5. The van der Waals surface area contributed by atoms with Crippen LogP contribution in [0.25, 0.3) is 22.8 Å². The number of likely N-dealkylation sites (N-methyl/N-ethyl adjacent to an activating group) is 1. The van der Waals surface area contributed by atoms with Gasteiger partial charge in [0.1, 0.15) is 11.7 Å². The Hall–Kier alpha value is -3.44. The molecule has 0 radical (unpaired) electrons. The van der Waals surface area contributed by atoms with Crippen molar-refractivity contribution in [2.24, 2.45) is 0 Å². The number of nitrogens with one attached hydrogen (secondary N) is 3. The van der Waals surface area contributed by atoms with Crippen LogP contribution in [-0.4, -0.2) is 67.9 Å². The number of nitrogens with two attached hydrogens (primary N) is 1. The molecule has 3 aromatic rings. The van der Waals surface area contributed by atoms with Gasteiger partial charge in [-0.25, -0.2) is 19.7 Å². The summed E-state index contributed by atoms with van der Waals surface area (Å²) in [5, 5.41) is 3.20. The van der Waals surface area contributed by atoms with Gasteiger partial charge in [-0.15, -0.1) is 0 Å². The van der Waals surface area contributed by atoms with Gasteiger partial charge in [-0.2, -0.15) is 0 Å². The van der Waals surface area contributed by atoms with E-state index >= 15 is 0 Å². The third-order valence-electron chi connectivity index (χ3n) is 5.55. The van der Waals surface area contributed by atoms with E-state index in [1.54, 1.807) is 4.57 Å². The number of rotatable bonds is 8. The number of anilines is 1. The Balaban J connectivity index is 1.36. The molecule has 5 N–H and O–H groups in total. The van der Waals surface area contributed by atoms with Crippen LogP contribution in [0.4, 0.5) is 5.82 Å². The van der Waals surface area contributed by atoms with Crippen LogP contribution in [-0.2, 0) is 11.3 Å². The number of allylic oxidation sites excluding steroid dienone is 2. The average Bonchev–Trinajstić information content (AvgIpc) is 3.41. The number of ether oxygens (including phenoxy) is 1. The fraction of sp³-hybridized carbons (Fsp3) is 0.429. The highest BCUT2D eigenvalue weighted by Gasteiger charge is 2.27. The van der Waals surface area contributed by atoms with Gasteiger partial charge in [-0.3, -0.25) is 4.57 Å². The first-order chi connectivity index (χ1) is 15.5. The lowest BCUT2D eigenvalue weighted by atomic mass is 10.2. The number of aromatic nitrogens is 6. The lowest BCUT2D eigenvalue weighted by Crippen LogP contribution is -2.31. The van der Waals surface area contributed by atoms with E-state index in [0.29, 0.717) is 41.9 Å². The van der Waals surface area contributed by atoms with E-state index < -0.39 is 0 Å². The quantitative estimate of drug-likeness (QED) is 0.407.